The van der Waals surface area contributed by atoms with Crippen LogP contribution in [0.15, 0.2) is 18.3 Å². The van der Waals surface area contributed by atoms with Crippen molar-refractivity contribution in [3.8, 4) is 0 Å². The highest BCUT2D eigenvalue weighted by atomic mass is 16.4. The number of rotatable bonds is 5. The maximum Gasteiger partial charge on any atom is 0.305 e. The summed E-state index contributed by atoms with van der Waals surface area (Å²) in [5.74, 6) is -1.17. The van der Waals surface area contributed by atoms with Crippen molar-refractivity contribution in [2.45, 2.75) is 39.7 Å². The molecule has 0 aliphatic heterocycles. The summed E-state index contributed by atoms with van der Waals surface area (Å²) in [5, 5.41) is 11.6. The molecule has 3 N–H and O–H groups in total. The molecule has 5 heteroatoms. The minimum Gasteiger partial charge on any atom is -0.481 e. The summed E-state index contributed by atoms with van der Waals surface area (Å²) in [6.07, 6.45) is 2.21. The van der Waals surface area contributed by atoms with E-state index in [1.54, 1.807) is 18.3 Å². The lowest BCUT2D eigenvalue weighted by atomic mass is 9.87. The fourth-order valence-electron chi connectivity index (χ4n) is 1.86. The van der Waals surface area contributed by atoms with Gasteiger partial charge < -0.3 is 15.4 Å². The minimum absolute atomic E-state index is 0.0386. The SMILES string of the molecule is CC(C)(C)CC(CC(=O)O)NC(=O)c1ccc[nH]1. The number of carbonyl (C=O) groups is 2. The maximum absolute atomic E-state index is 11.8. The maximum atomic E-state index is 11.8. The van der Waals surface area contributed by atoms with Gasteiger partial charge in [0.1, 0.15) is 5.69 Å². The van der Waals surface area contributed by atoms with E-state index in [4.69, 9.17) is 5.11 Å². The molecule has 1 atom stereocenters. The Labute approximate surface area is 107 Å². The molecule has 0 spiro atoms. The van der Waals surface area contributed by atoms with Gasteiger partial charge in [-0.15, -0.1) is 0 Å². The summed E-state index contributed by atoms with van der Waals surface area (Å²) >= 11 is 0. The van der Waals surface area contributed by atoms with Gasteiger partial charge in [-0.2, -0.15) is 0 Å². The summed E-state index contributed by atoms with van der Waals surface area (Å²) in [5.41, 5.74) is 0.405. The number of H-pyrrole nitrogens is 1. The Morgan fingerprint density at radius 3 is 2.56 bits per heavy atom. The van der Waals surface area contributed by atoms with Crippen LogP contribution in [0.1, 0.15) is 44.1 Å². The van der Waals surface area contributed by atoms with E-state index in [9.17, 15) is 9.59 Å². The number of carbonyl (C=O) groups excluding carboxylic acids is 1. The van der Waals surface area contributed by atoms with Crippen LogP contribution in [0, 0.1) is 5.41 Å². The Kier molecular flexibility index (Phi) is 4.53. The van der Waals surface area contributed by atoms with Gasteiger partial charge in [-0.25, -0.2) is 0 Å². The number of aliphatic carboxylic acids is 1. The van der Waals surface area contributed by atoms with Crippen molar-refractivity contribution in [2.75, 3.05) is 0 Å². The lowest BCUT2D eigenvalue weighted by Crippen LogP contribution is -2.39. The molecule has 5 nitrogen and oxygen atoms in total. The zero-order valence-corrected chi connectivity index (χ0v) is 11.0. The Bertz CT molecular complexity index is 404. The lowest BCUT2D eigenvalue weighted by molar-refractivity contribution is -0.137. The first-order valence-electron chi connectivity index (χ1n) is 5.94. The van der Waals surface area contributed by atoms with E-state index in [0.29, 0.717) is 12.1 Å². The molecule has 0 aromatic carbocycles. The molecule has 0 bridgehead atoms. The normalized spacial score (nSPS) is 13.1. The molecule has 1 amide bonds. The minimum atomic E-state index is -0.906. The molecule has 100 valence electrons. The number of carboxylic acids is 1. The predicted octanol–water partition coefficient (Wildman–Crippen LogP) is 2.02. The first-order chi connectivity index (χ1) is 8.28. The Hall–Kier alpha value is -1.78. The van der Waals surface area contributed by atoms with Crippen LogP contribution in [0.4, 0.5) is 0 Å². The summed E-state index contributed by atoms with van der Waals surface area (Å²) < 4.78 is 0. The number of aromatic amines is 1. The summed E-state index contributed by atoms with van der Waals surface area (Å²) in [6, 6.07) is 3.02. The summed E-state index contributed by atoms with van der Waals surface area (Å²) in [4.78, 5) is 25.5. The van der Waals surface area contributed by atoms with Gasteiger partial charge in [0, 0.05) is 12.2 Å². The van der Waals surface area contributed by atoms with Crippen LogP contribution in [0.2, 0.25) is 0 Å². The van der Waals surface area contributed by atoms with Crippen molar-refractivity contribution >= 4 is 11.9 Å². The highest BCUT2D eigenvalue weighted by Crippen LogP contribution is 2.22. The van der Waals surface area contributed by atoms with Crippen molar-refractivity contribution in [1.82, 2.24) is 10.3 Å². The number of hydrogen-bond donors (Lipinski definition) is 3. The third-order valence-electron chi connectivity index (χ3n) is 2.46. The van der Waals surface area contributed by atoms with E-state index in [2.05, 4.69) is 10.3 Å². The molecule has 1 aromatic rings. The van der Waals surface area contributed by atoms with Crippen molar-refractivity contribution in [1.29, 1.82) is 0 Å². The molecule has 0 fully saturated rings. The van der Waals surface area contributed by atoms with Gasteiger partial charge in [-0.05, 0) is 24.0 Å². The highest BCUT2D eigenvalue weighted by Gasteiger charge is 2.23. The van der Waals surface area contributed by atoms with Crippen molar-refractivity contribution in [3.63, 3.8) is 0 Å². The number of aromatic nitrogens is 1. The van der Waals surface area contributed by atoms with E-state index >= 15 is 0 Å². The zero-order valence-electron chi connectivity index (χ0n) is 11.0. The summed E-state index contributed by atoms with van der Waals surface area (Å²) in [7, 11) is 0. The predicted molar refractivity (Wildman–Crippen MR) is 68.4 cm³/mol. The molecule has 1 unspecified atom stereocenters. The third kappa shape index (κ3) is 5.03. The summed E-state index contributed by atoms with van der Waals surface area (Å²) in [6.45, 7) is 6.05. The highest BCUT2D eigenvalue weighted by molar-refractivity contribution is 5.92. The average Bonchev–Trinajstić information content (AvgIpc) is 2.65. The number of nitrogens with one attached hydrogen (secondary N) is 2. The van der Waals surface area contributed by atoms with Crippen LogP contribution in [0.3, 0.4) is 0 Å². The van der Waals surface area contributed by atoms with Crippen LogP contribution in [-0.2, 0) is 4.79 Å². The van der Waals surface area contributed by atoms with Crippen molar-refractivity contribution in [3.05, 3.63) is 24.0 Å². The fraction of sp³-hybridized carbons (Fsp3) is 0.538. The van der Waals surface area contributed by atoms with E-state index in [1.165, 1.54) is 0 Å². The van der Waals surface area contributed by atoms with Gasteiger partial charge in [-0.1, -0.05) is 20.8 Å². The first kappa shape index (κ1) is 14.3. The molecular weight excluding hydrogens is 232 g/mol. The van der Waals surface area contributed by atoms with Crippen LogP contribution in [0.25, 0.3) is 0 Å². The van der Waals surface area contributed by atoms with Gasteiger partial charge in [-0.3, -0.25) is 9.59 Å². The van der Waals surface area contributed by atoms with Crippen LogP contribution < -0.4 is 5.32 Å². The topological polar surface area (TPSA) is 82.2 Å². The second-order valence-electron chi connectivity index (χ2n) is 5.62. The van der Waals surface area contributed by atoms with Gasteiger partial charge in [0.25, 0.3) is 5.91 Å². The fourth-order valence-corrected chi connectivity index (χ4v) is 1.86. The van der Waals surface area contributed by atoms with Crippen LogP contribution >= 0.6 is 0 Å². The zero-order chi connectivity index (χ0) is 13.8. The molecule has 1 aromatic heterocycles. The Balaban J connectivity index is 2.66. The molecule has 0 saturated carbocycles. The van der Waals surface area contributed by atoms with E-state index in [-0.39, 0.29) is 23.8 Å². The van der Waals surface area contributed by atoms with Gasteiger partial charge in [0.2, 0.25) is 0 Å². The third-order valence-corrected chi connectivity index (χ3v) is 2.46. The largest absolute Gasteiger partial charge is 0.481 e. The molecule has 0 aliphatic carbocycles. The molecule has 1 heterocycles. The monoisotopic (exact) mass is 252 g/mol. The molecule has 0 radical (unpaired) electrons. The first-order valence-corrected chi connectivity index (χ1v) is 5.94. The van der Waals surface area contributed by atoms with E-state index < -0.39 is 5.97 Å². The van der Waals surface area contributed by atoms with Gasteiger partial charge >= 0.3 is 5.97 Å². The Morgan fingerprint density at radius 2 is 2.11 bits per heavy atom. The lowest BCUT2D eigenvalue weighted by Gasteiger charge is -2.25. The van der Waals surface area contributed by atoms with E-state index in [1.807, 2.05) is 20.8 Å². The molecular formula is C13H20N2O3. The molecule has 18 heavy (non-hydrogen) atoms. The Morgan fingerprint density at radius 1 is 1.44 bits per heavy atom. The van der Waals surface area contributed by atoms with Crippen LogP contribution in [-0.4, -0.2) is 28.0 Å². The number of amides is 1. The molecule has 1 rings (SSSR count). The van der Waals surface area contributed by atoms with E-state index in [0.717, 1.165) is 0 Å². The second kappa shape index (κ2) is 5.71. The van der Waals surface area contributed by atoms with Gasteiger partial charge in [0.15, 0.2) is 0 Å². The molecule has 0 saturated heterocycles. The van der Waals surface area contributed by atoms with Gasteiger partial charge in [0.05, 0.1) is 6.42 Å². The smallest absolute Gasteiger partial charge is 0.305 e. The number of carboxylic acid groups (broad SMARTS) is 1. The second-order valence-corrected chi connectivity index (χ2v) is 5.62. The molecule has 0 aliphatic rings. The van der Waals surface area contributed by atoms with Crippen molar-refractivity contribution < 1.29 is 14.7 Å². The van der Waals surface area contributed by atoms with Crippen molar-refractivity contribution in [2.24, 2.45) is 5.41 Å². The average molecular weight is 252 g/mol. The quantitative estimate of drug-likeness (QED) is 0.749. The van der Waals surface area contributed by atoms with Crippen LogP contribution in [0.5, 0.6) is 0 Å². The number of hydrogen-bond acceptors (Lipinski definition) is 2. The standard InChI is InChI=1S/C13H20N2O3/c1-13(2,3)8-9(7-11(16)17)15-12(18)10-5-4-6-14-10/h4-6,9,14H,7-8H2,1-3H3,(H,15,18)(H,16,17).